The van der Waals surface area contributed by atoms with Crippen LogP contribution in [0.15, 0.2) is 29.2 Å². The standard InChI is InChI=1S/C23H35N3O3S/c1-17-9-14-26(19-7-5-6-8-20(19)30-17)21(27)16-25-12-10-18(11-13-25)15-24-22(28)29-23(2,3)4/h5-8,17-18H,9-16H2,1-4H3,(H,24,28). The highest BCUT2D eigenvalue weighted by molar-refractivity contribution is 8.00. The molecule has 1 N–H and O–H groups in total. The molecule has 0 aliphatic carbocycles. The molecule has 7 heteroatoms. The van der Waals surface area contributed by atoms with Crippen molar-refractivity contribution in [2.75, 3.05) is 37.6 Å². The number of benzene rings is 1. The highest BCUT2D eigenvalue weighted by Gasteiger charge is 2.27. The van der Waals surface area contributed by atoms with Gasteiger partial charge in [-0.2, -0.15) is 0 Å². The number of amides is 2. The topological polar surface area (TPSA) is 61.9 Å². The van der Waals surface area contributed by atoms with E-state index in [1.807, 2.05) is 49.6 Å². The van der Waals surface area contributed by atoms with Crippen LogP contribution in [0, 0.1) is 5.92 Å². The number of likely N-dealkylation sites (tertiary alicyclic amines) is 1. The van der Waals surface area contributed by atoms with E-state index in [-0.39, 0.29) is 12.0 Å². The molecule has 0 radical (unpaired) electrons. The number of piperidine rings is 1. The highest BCUT2D eigenvalue weighted by Crippen LogP contribution is 2.37. The van der Waals surface area contributed by atoms with Crippen molar-refractivity contribution in [2.24, 2.45) is 5.92 Å². The minimum absolute atomic E-state index is 0.183. The summed E-state index contributed by atoms with van der Waals surface area (Å²) in [5, 5.41) is 3.39. The molecule has 1 saturated heterocycles. The molecule has 2 aliphatic rings. The lowest BCUT2D eigenvalue weighted by molar-refractivity contribution is -0.120. The van der Waals surface area contributed by atoms with Crippen LogP contribution in [0.25, 0.3) is 0 Å². The lowest BCUT2D eigenvalue weighted by Gasteiger charge is -2.33. The molecule has 0 saturated carbocycles. The van der Waals surface area contributed by atoms with Crippen LogP contribution in [-0.2, 0) is 9.53 Å². The fraction of sp³-hybridized carbons (Fsp3) is 0.652. The number of para-hydroxylation sites is 1. The van der Waals surface area contributed by atoms with Gasteiger partial charge < -0.3 is 15.0 Å². The van der Waals surface area contributed by atoms with Crippen molar-refractivity contribution in [1.82, 2.24) is 10.2 Å². The molecular formula is C23H35N3O3S. The molecule has 2 amide bonds. The van der Waals surface area contributed by atoms with E-state index >= 15 is 0 Å². The van der Waals surface area contributed by atoms with Crippen LogP contribution in [0.4, 0.5) is 10.5 Å². The van der Waals surface area contributed by atoms with Gasteiger partial charge in [0.05, 0.1) is 12.2 Å². The Hall–Kier alpha value is -1.73. The maximum Gasteiger partial charge on any atom is 0.407 e. The molecule has 1 fully saturated rings. The number of nitrogens with zero attached hydrogens (tertiary/aromatic N) is 2. The molecule has 2 heterocycles. The van der Waals surface area contributed by atoms with E-state index < -0.39 is 5.60 Å². The minimum Gasteiger partial charge on any atom is -0.444 e. The number of carbonyl (C=O) groups excluding carboxylic acids is 2. The monoisotopic (exact) mass is 433 g/mol. The lowest BCUT2D eigenvalue weighted by atomic mass is 9.97. The summed E-state index contributed by atoms with van der Waals surface area (Å²) in [5.74, 6) is 0.613. The second-order valence-corrected chi connectivity index (χ2v) is 10.8. The number of fused-ring (bicyclic) bond motifs is 1. The molecule has 30 heavy (non-hydrogen) atoms. The average Bonchev–Trinajstić information content (AvgIpc) is 2.84. The van der Waals surface area contributed by atoms with Crippen LogP contribution in [0.1, 0.15) is 47.0 Å². The molecule has 1 aromatic rings. The first-order valence-electron chi connectivity index (χ1n) is 11.0. The van der Waals surface area contributed by atoms with E-state index in [0.717, 1.165) is 44.6 Å². The van der Waals surface area contributed by atoms with Crippen molar-refractivity contribution in [3.8, 4) is 0 Å². The Morgan fingerprint density at radius 3 is 2.53 bits per heavy atom. The van der Waals surface area contributed by atoms with Crippen molar-refractivity contribution in [1.29, 1.82) is 0 Å². The first-order valence-corrected chi connectivity index (χ1v) is 11.8. The van der Waals surface area contributed by atoms with E-state index in [2.05, 4.69) is 29.3 Å². The predicted octanol–water partition coefficient (Wildman–Crippen LogP) is 4.14. The van der Waals surface area contributed by atoms with Gasteiger partial charge in [0.2, 0.25) is 5.91 Å². The highest BCUT2D eigenvalue weighted by atomic mass is 32.2. The van der Waals surface area contributed by atoms with Gasteiger partial charge >= 0.3 is 6.09 Å². The van der Waals surface area contributed by atoms with Crippen LogP contribution >= 0.6 is 11.8 Å². The molecule has 1 atom stereocenters. The maximum absolute atomic E-state index is 13.1. The van der Waals surface area contributed by atoms with Gasteiger partial charge in [0.15, 0.2) is 0 Å². The number of thioether (sulfide) groups is 1. The van der Waals surface area contributed by atoms with Crippen molar-refractivity contribution < 1.29 is 14.3 Å². The Bertz CT molecular complexity index is 741. The van der Waals surface area contributed by atoms with Crippen LogP contribution < -0.4 is 10.2 Å². The van der Waals surface area contributed by atoms with Gasteiger partial charge in [-0.3, -0.25) is 9.69 Å². The van der Waals surface area contributed by atoms with E-state index in [0.29, 0.717) is 24.3 Å². The Kier molecular flexibility index (Phi) is 7.69. The molecule has 0 spiro atoms. The number of rotatable bonds is 4. The molecule has 1 aromatic carbocycles. The number of nitrogens with one attached hydrogen (secondary N) is 1. The van der Waals surface area contributed by atoms with Gasteiger partial charge in [-0.25, -0.2) is 4.79 Å². The van der Waals surface area contributed by atoms with Crippen molar-refractivity contribution in [3.63, 3.8) is 0 Å². The Morgan fingerprint density at radius 1 is 1.13 bits per heavy atom. The third kappa shape index (κ3) is 6.64. The smallest absolute Gasteiger partial charge is 0.407 e. The molecule has 6 nitrogen and oxygen atoms in total. The zero-order chi connectivity index (χ0) is 21.7. The van der Waals surface area contributed by atoms with Crippen LogP contribution in [-0.4, -0.2) is 60.5 Å². The van der Waals surface area contributed by atoms with Gasteiger partial charge in [0.1, 0.15) is 5.60 Å². The summed E-state index contributed by atoms with van der Waals surface area (Å²) in [6, 6.07) is 8.24. The fourth-order valence-corrected chi connectivity index (χ4v) is 5.03. The fourth-order valence-electron chi connectivity index (χ4n) is 3.91. The Morgan fingerprint density at radius 2 is 1.83 bits per heavy atom. The largest absolute Gasteiger partial charge is 0.444 e. The first kappa shape index (κ1) is 22.9. The van der Waals surface area contributed by atoms with Crippen LogP contribution in [0.3, 0.4) is 0 Å². The molecular weight excluding hydrogens is 398 g/mol. The second-order valence-electron chi connectivity index (χ2n) is 9.33. The summed E-state index contributed by atoms with van der Waals surface area (Å²) in [5.41, 5.74) is 0.573. The normalized spacial score (nSPS) is 20.9. The summed E-state index contributed by atoms with van der Waals surface area (Å²) in [7, 11) is 0. The second kappa shape index (κ2) is 10.1. The van der Waals surface area contributed by atoms with Gasteiger partial charge in [-0.1, -0.05) is 19.1 Å². The number of alkyl carbamates (subject to hydrolysis) is 1. The molecule has 1 unspecified atom stereocenters. The minimum atomic E-state index is -0.476. The van der Waals surface area contributed by atoms with Gasteiger partial charge in [0, 0.05) is 23.2 Å². The average molecular weight is 434 g/mol. The van der Waals surface area contributed by atoms with E-state index in [1.54, 1.807) is 0 Å². The van der Waals surface area contributed by atoms with Gasteiger partial charge in [0.25, 0.3) is 0 Å². The zero-order valence-electron chi connectivity index (χ0n) is 18.6. The van der Waals surface area contributed by atoms with Crippen LogP contribution in [0.2, 0.25) is 0 Å². The third-order valence-electron chi connectivity index (χ3n) is 5.54. The van der Waals surface area contributed by atoms with E-state index in [9.17, 15) is 9.59 Å². The third-order valence-corrected chi connectivity index (χ3v) is 6.78. The van der Waals surface area contributed by atoms with Crippen molar-refractivity contribution in [2.45, 2.75) is 62.7 Å². The summed E-state index contributed by atoms with van der Waals surface area (Å²) in [4.78, 5) is 30.4. The van der Waals surface area contributed by atoms with Crippen molar-refractivity contribution >= 4 is 29.4 Å². The van der Waals surface area contributed by atoms with E-state index in [1.165, 1.54) is 4.90 Å². The maximum atomic E-state index is 13.1. The van der Waals surface area contributed by atoms with E-state index in [4.69, 9.17) is 4.74 Å². The molecule has 0 aromatic heterocycles. The number of hydrogen-bond donors (Lipinski definition) is 1. The number of carbonyl (C=O) groups is 2. The summed E-state index contributed by atoms with van der Waals surface area (Å²) in [6.07, 6.45) is 2.61. The van der Waals surface area contributed by atoms with Gasteiger partial charge in [-0.15, -0.1) is 11.8 Å². The van der Waals surface area contributed by atoms with Gasteiger partial charge in [-0.05, 0) is 71.2 Å². The molecule has 166 valence electrons. The quantitative estimate of drug-likeness (QED) is 0.773. The van der Waals surface area contributed by atoms with Crippen LogP contribution in [0.5, 0.6) is 0 Å². The number of ether oxygens (including phenoxy) is 1. The SMILES string of the molecule is CC1CCN(C(=O)CN2CCC(CNC(=O)OC(C)(C)C)CC2)c2ccccc2S1. The Labute approximate surface area is 184 Å². The summed E-state index contributed by atoms with van der Waals surface area (Å²) < 4.78 is 5.30. The summed E-state index contributed by atoms with van der Waals surface area (Å²) in [6.45, 7) is 11.5. The molecule has 0 bridgehead atoms. The number of anilines is 1. The number of hydrogen-bond acceptors (Lipinski definition) is 5. The zero-order valence-corrected chi connectivity index (χ0v) is 19.5. The molecule has 3 rings (SSSR count). The molecule has 2 aliphatic heterocycles. The Balaban J connectivity index is 1.47. The lowest BCUT2D eigenvalue weighted by Crippen LogP contribution is -2.45. The summed E-state index contributed by atoms with van der Waals surface area (Å²) >= 11 is 1.86. The first-order chi connectivity index (χ1) is 14.2. The van der Waals surface area contributed by atoms with Crippen molar-refractivity contribution in [3.05, 3.63) is 24.3 Å². The predicted molar refractivity (Wildman–Crippen MR) is 122 cm³/mol.